The first-order chi connectivity index (χ1) is 12.5. The van der Waals surface area contributed by atoms with Crippen LogP contribution in [0.1, 0.15) is 17.3 Å². The molecule has 1 saturated heterocycles. The molecule has 26 heavy (non-hydrogen) atoms. The van der Waals surface area contributed by atoms with Gasteiger partial charge >= 0.3 is 12.1 Å². The topological polar surface area (TPSA) is 101 Å². The molecule has 0 spiro atoms. The number of ether oxygens (including phenoxy) is 5. The molecule has 1 aromatic rings. The van der Waals surface area contributed by atoms with Crippen molar-refractivity contribution in [2.75, 3.05) is 33.8 Å². The molecular weight excluding hydrogens is 346 g/mol. The molecule has 0 bridgehead atoms. The summed E-state index contributed by atoms with van der Waals surface area (Å²) >= 11 is 0. The van der Waals surface area contributed by atoms with E-state index in [1.807, 2.05) is 0 Å². The molecule has 0 saturated carbocycles. The lowest BCUT2D eigenvalue weighted by molar-refractivity contribution is -0.171. The number of ketones is 1. The van der Waals surface area contributed by atoms with Crippen LogP contribution >= 0.6 is 0 Å². The number of carbonyl (C=O) groups excluding carboxylic acids is 3. The second-order valence-corrected chi connectivity index (χ2v) is 5.95. The molecule has 3 rings (SSSR count). The maximum atomic E-state index is 12.6. The third-order valence-electron chi connectivity index (χ3n) is 4.26. The van der Waals surface area contributed by atoms with E-state index in [0.29, 0.717) is 30.3 Å². The fourth-order valence-corrected chi connectivity index (χ4v) is 2.35. The van der Waals surface area contributed by atoms with Gasteiger partial charge in [-0.25, -0.2) is 4.79 Å². The minimum Gasteiger partial charge on any atom is -0.454 e. The number of benzene rings is 1. The van der Waals surface area contributed by atoms with Crippen LogP contribution in [0.2, 0.25) is 0 Å². The summed E-state index contributed by atoms with van der Waals surface area (Å²) in [5.74, 6) is -0.0127. The van der Waals surface area contributed by atoms with Gasteiger partial charge in [0.1, 0.15) is 5.92 Å². The lowest BCUT2D eigenvalue weighted by Crippen LogP contribution is -2.41. The van der Waals surface area contributed by atoms with Gasteiger partial charge in [0.2, 0.25) is 13.6 Å². The van der Waals surface area contributed by atoms with Crippen molar-refractivity contribution < 1.29 is 38.1 Å². The Labute approximate surface area is 149 Å². The zero-order valence-corrected chi connectivity index (χ0v) is 14.4. The van der Waals surface area contributed by atoms with Crippen molar-refractivity contribution in [2.45, 2.75) is 13.0 Å². The highest BCUT2D eigenvalue weighted by Gasteiger charge is 2.29. The number of nitrogens with zero attached hydrogens (tertiary/aromatic N) is 1. The van der Waals surface area contributed by atoms with Gasteiger partial charge in [-0.1, -0.05) is 0 Å². The van der Waals surface area contributed by atoms with Crippen molar-refractivity contribution in [2.24, 2.45) is 5.92 Å². The summed E-state index contributed by atoms with van der Waals surface area (Å²) in [7, 11) is 1.43. The monoisotopic (exact) mass is 365 g/mol. The third kappa shape index (κ3) is 3.72. The van der Waals surface area contributed by atoms with Crippen molar-refractivity contribution in [3.8, 4) is 11.5 Å². The van der Waals surface area contributed by atoms with Crippen molar-refractivity contribution in [1.82, 2.24) is 4.90 Å². The molecule has 9 heteroatoms. The summed E-state index contributed by atoms with van der Waals surface area (Å²) in [5.41, 5.74) is 0.387. The van der Waals surface area contributed by atoms with Crippen LogP contribution in [-0.4, -0.2) is 62.6 Å². The van der Waals surface area contributed by atoms with E-state index in [2.05, 4.69) is 0 Å². The maximum Gasteiger partial charge on any atom is 0.413 e. The molecule has 1 unspecified atom stereocenters. The van der Waals surface area contributed by atoms with E-state index in [9.17, 15) is 14.4 Å². The zero-order valence-electron chi connectivity index (χ0n) is 14.4. The predicted molar refractivity (Wildman–Crippen MR) is 85.9 cm³/mol. The summed E-state index contributed by atoms with van der Waals surface area (Å²) in [4.78, 5) is 37.2. The molecule has 0 radical (unpaired) electrons. The Hall–Kier alpha value is -2.81. The molecule has 1 aromatic carbocycles. The average molecular weight is 365 g/mol. The fraction of sp³-hybridized carbons (Fsp3) is 0.471. The summed E-state index contributed by atoms with van der Waals surface area (Å²) in [6.07, 6.45) is -0.774. The molecular formula is C17H19NO8. The Balaban J connectivity index is 1.51. The van der Waals surface area contributed by atoms with Gasteiger partial charge < -0.3 is 28.6 Å². The molecule has 0 aliphatic carbocycles. The van der Waals surface area contributed by atoms with E-state index < -0.39 is 24.9 Å². The van der Waals surface area contributed by atoms with Crippen LogP contribution < -0.4 is 9.47 Å². The molecule has 140 valence electrons. The minimum atomic E-state index is -0.779. The van der Waals surface area contributed by atoms with Gasteiger partial charge in [0, 0.05) is 12.6 Å². The Bertz CT molecular complexity index is 715. The van der Waals surface area contributed by atoms with Gasteiger partial charge in [0.05, 0.1) is 19.3 Å². The van der Waals surface area contributed by atoms with Gasteiger partial charge in [-0.3, -0.25) is 9.59 Å². The Morgan fingerprint density at radius 2 is 1.92 bits per heavy atom. The van der Waals surface area contributed by atoms with Crippen molar-refractivity contribution in [1.29, 1.82) is 0 Å². The van der Waals surface area contributed by atoms with Gasteiger partial charge in [-0.15, -0.1) is 0 Å². The van der Waals surface area contributed by atoms with Gasteiger partial charge in [0.15, 0.2) is 17.3 Å². The van der Waals surface area contributed by atoms with Crippen molar-refractivity contribution in [3.05, 3.63) is 23.8 Å². The number of likely N-dealkylation sites (N-methyl/N-ethyl adjacent to an activating group) is 1. The number of hydrogen-bond acceptors (Lipinski definition) is 8. The van der Waals surface area contributed by atoms with E-state index in [1.165, 1.54) is 7.05 Å². The van der Waals surface area contributed by atoms with E-state index in [4.69, 9.17) is 23.7 Å². The second-order valence-electron chi connectivity index (χ2n) is 5.95. The highest BCUT2D eigenvalue weighted by molar-refractivity contribution is 6.01. The lowest BCUT2D eigenvalue weighted by Gasteiger charge is -2.25. The molecule has 2 aliphatic rings. The molecule has 9 nitrogen and oxygen atoms in total. The predicted octanol–water partition coefficient (Wildman–Crippen LogP) is 1.20. The number of amides is 1. The van der Waals surface area contributed by atoms with E-state index in [-0.39, 0.29) is 18.5 Å². The number of carbonyl (C=O) groups is 3. The summed E-state index contributed by atoms with van der Waals surface area (Å²) < 4.78 is 25.1. The van der Waals surface area contributed by atoms with Crippen molar-refractivity contribution in [3.63, 3.8) is 0 Å². The molecule has 0 aromatic heterocycles. The molecule has 2 heterocycles. The first kappa shape index (κ1) is 18.0. The van der Waals surface area contributed by atoms with Crippen LogP contribution in [0.5, 0.6) is 11.5 Å². The molecule has 1 atom stereocenters. The quantitative estimate of drug-likeness (QED) is 0.421. The number of hydrogen-bond donors (Lipinski definition) is 0. The normalized spacial score (nSPS) is 16.4. The Morgan fingerprint density at radius 1 is 1.19 bits per heavy atom. The van der Waals surface area contributed by atoms with Crippen LogP contribution in [-0.2, 0) is 19.0 Å². The van der Waals surface area contributed by atoms with Crippen molar-refractivity contribution >= 4 is 17.8 Å². The Kier molecular flexibility index (Phi) is 5.27. The number of esters is 1. The first-order valence-electron chi connectivity index (χ1n) is 8.05. The number of Topliss-reactive ketones (excluding diaryl/α,β-unsaturated/α-hetero) is 1. The molecule has 2 aliphatic heterocycles. The van der Waals surface area contributed by atoms with Crippen LogP contribution in [0.4, 0.5) is 4.79 Å². The number of fused-ring (bicyclic) bond motifs is 1. The SMILES string of the molecule is CC(C(=O)c1ccc2c(c1)OCO2)N(C)C(=O)OCOC(=O)C1COC1. The van der Waals surface area contributed by atoms with Crippen LogP contribution in [0, 0.1) is 5.92 Å². The lowest BCUT2D eigenvalue weighted by atomic mass is 10.0. The molecule has 0 N–H and O–H groups in total. The standard InChI is InChI=1S/C17H19NO8/c1-10(15(19)11-3-4-13-14(5-11)24-8-23-13)18(2)17(21)26-9-25-16(20)12-6-22-7-12/h3-5,10,12H,6-9H2,1-2H3. The average Bonchev–Trinajstić information content (AvgIpc) is 3.05. The van der Waals surface area contributed by atoms with E-state index in [1.54, 1.807) is 25.1 Å². The van der Waals surface area contributed by atoms with Crippen LogP contribution in [0.25, 0.3) is 0 Å². The fourth-order valence-electron chi connectivity index (χ4n) is 2.35. The van der Waals surface area contributed by atoms with Crippen LogP contribution in [0.3, 0.4) is 0 Å². The zero-order chi connectivity index (χ0) is 18.7. The van der Waals surface area contributed by atoms with Gasteiger partial charge in [0.25, 0.3) is 0 Å². The van der Waals surface area contributed by atoms with Gasteiger partial charge in [-0.05, 0) is 25.1 Å². The van der Waals surface area contributed by atoms with Crippen LogP contribution in [0.15, 0.2) is 18.2 Å². The highest BCUT2D eigenvalue weighted by atomic mass is 16.7. The van der Waals surface area contributed by atoms with E-state index in [0.717, 1.165) is 4.90 Å². The Morgan fingerprint density at radius 3 is 2.62 bits per heavy atom. The number of rotatable bonds is 6. The van der Waals surface area contributed by atoms with E-state index >= 15 is 0 Å². The summed E-state index contributed by atoms with van der Waals surface area (Å²) in [6.45, 7) is 1.80. The summed E-state index contributed by atoms with van der Waals surface area (Å²) in [5, 5.41) is 0. The largest absolute Gasteiger partial charge is 0.454 e. The molecule has 1 amide bonds. The van der Waals surface area contributed by atoms with Gasteiger partial charge in [-0.2, -0.15) is 0 Å². The smallest absolute Gasteiger partial charge is 0.413 e. The minimum absolute atomic E-state index is 0.112. The molecule has 1 fully saturated rings. The second kappa shape index (κ2) is 7.61. The maximum absolute atomic E-state index is 12.6. The highest BCUT2D eigenvalue weighted by Crippen LogP contribution is 2.33. The third-order valence-corrected chi connectivity index (χ3v) is 4.26. The first-order valence-corrected chi connectivity index (χ1v) is 8.05. The summed E-state index contributed by atoms with van der Waals surface area (Å²) in [6, 6.07) is 4.04.